The average Bonchev–Trinajstić information content (AvgIpc) is 2.44. The maximum atomic E-state index is 12.0. The Morgan fingerprint density at radius 3 is 2.86 bits per heavy atom. The Hall–Kier alpha value is -2.48. The molecule has 0 fully saturated rings. The first-order valence-corrected chi connectivity index (χ1v) is 6.65. The first-order valence-electron chi connectivity index (χ1n) is 6.65. The lowest BCUT2D eigenvalue weighted by Crippen LogP contribution is -2.38. The molecule has 8 nitrogen and oxygen atoms in total. The van der Waals surface area contributed by atoms with Gasteiger partial charge in [0, 0.05) is 18.8 Å². The van der Waals surface area contributed by atoms with Gasteiger partial charge in [-0.3, -0.25) is 19.6 Å². The molecule has 2 aromatic heterocycles. The fourth-order valence-corrected chi connectivity index (χ4v) is 1.94. The zero-order valence-electron chi connectivity index (χ0n) is 11.8. The van der Waals surface area contributed by atoms with Crippen molar-refractivity contribution in [1.82, 2.24) is 25.6 Å². The zero-order chi connectivity index (χ0) is 15.4. The summed E-state index contributed by atoms with van der Waals surface area (Å²) < 4.78 is 0. The number of amides is 1. The summed E-state index contributed by atoms with van der Waals surface area (Å²) in [6.45, 7) is 5.22. The van der Waals surface area contributed by atoms with E-state index in [2.05, 4.69) is 25.6 Å². The molecule has 0 saturated carbocycles. The highest BCUT2D eigenvalue weighted by Crippen LogP contribution is 2.05. The maximum Gasteiger partial charge on any atom is 0.327 e. The molecule has 2 aromatic rings. The number of rotatable bonds is 5. The molecule has 2 rings (SSSR count). The van der Waals surface area contributed by atoms with Gasteiger partial charge in [0.2, 0.25) is 0 Å². The van der Waals surface area contributed by atoms with E-state index in [0.717, 1.165) is 6.54 Å². The second-order valence-electron chi connectivity index (χ2n) is 4.70. The fourth-order valence-electron chi connectivity index (χ4n) is 1.94. The first-order chi connectivity index (χ1) is 10.0. The number of H-pyrrole nitrogens is 2. The normalized spacial score (nSPS) is 12.3. The smallest absolute Gasteiger partial charge is 0.327 e. The van der Waals surface area contributed by atoms with Gasteiger partial charge in [0.25, 0.3) is 11.5 Å². The van der Waals surface area contributed by atoms with Crippen LogP contribution in [0.25, 0.3) is 11.0 Å². The third kappa shape index (κ3) is 3.54. The number of carbonyl (C=O) groups is 1. The molecule has 0 saturated heterocycles. The van der Waals surface area contributed by atoms with E-state index in [1.165, 1.54) is 12.3 Å². The molecule has 2 heterocycles. The van der Waals surface area contributed by atoms with Gasteiger partial charge in [0.15, 0.2) is 0 Å². The summed E-state index contributed by atoms with van der Waals surface area (Å²) in [6, 6.07) is 1.55. The van der Waals surface area contributed by atoms with Crippen LogP contribution in [0.5, 0.6) is 0 Å². The van der Waals surface area contributed by atoms with Gasteiger partial charge in [0.05, 0.1) is 10.9 Å². The first kappa shape index (κ1) is 14.9. The molecule has 21 heavy (non-hydrogen) atoms. The minimum Gasteiger partial charge on any atom is -0.350 e. The van der Waals surface area contributed by atoms with Gasteiger partial charge in [-0.15, -0.1) is 0 Å². The van der Waals surface area contributed by atoms with E-state index in [9.17, 15) is 14.4 Å². The molecule has 112 valence electrons. The molecule has 0 unspecified atom stereocenters. The van der Waals surface area contributed by atoms with Gasteiger partial charge < -0.3 is 10.6 Å². The number of fused-ring (bicyclic) bond motifs is 1. The van der Waals surface area contributed by atoms with Crippen molar-refractivity contribution in [3.05, 3.63) is 38.7 Å². The van der Waals surface area contributed by atoms with Crippen molar-refractivity contribution in [2.24, 2.45) is 0 Å². The van der Waals surface area contributed by atoms with E-state index in [-0.39, 0.29) is 28.5 Å². The van der Waals surface area contributed by atoms with E-state index in [4.69, 9.17) is 0 Å². The number of carbonyl (C=O) groups excluding carboxylic acids is 1. The van der Waals surface area contributed by atoms with Crippen LogP contribution in [0.2, 0.25) is 0 Å². The number of nitrogens with zero attached hydrogens (tertiary/aromatic N) is 1. The number of pyridine rings is 1. The lowest BCUT2D eigenvalue weighted by atomic mass is 10.2. The molecular formula is C13H17N5O3. The van der Waals surface area contributed by atoms with Crippen LogP contribution >= 0.6 is 0 Å². The van der Waals surface area contributed by atoms with Crippen molar-refractivity contribution in [3.63, 3.8) is 0 Å². The number of nitrogens with one attached hydrogen (secondary N) is 4. The predicted octanol–water partition coefficient (Wildman–Crippen LogP) is -0.661. The highest BCUT2D eigenvalue weighted by molar-refractivity contribution is 5.96. The lowest BCUT2D eigenvalue weighted by molar-refractivity contribution is 0.0950. The quantitative estimate of drug-likeness (QED) is 0.583. The Morgan fingerprint density at radius 2 is 2.14 bits per heavy atom. The Morgan fingerprint density at radius 1 is 1.38 bits per heavy atom. The van der Waals surface area contributed by atoms with Crippen molar-refractivity contribution in [2.75, 3.05) is 13.1 Å². The molecule has 0 spiro atoms. The van der Waals surface area contributed by atoms with Crippen LogP contribution in [0.3, 0.4) is 0 Å². The summed E-state index contributed by atoms with van der Waals surface area (Å²) in [5, 5.41) is 6.09. The Kier molecular flexibility index (Phi) is 4.49. The van der Waals surface area contributed by atoms with Crippen LogP contribution in [0.15, 0.2) is 21.9 Å². The molecule has 0 aliphatic rings. The van der Waals surface area contributed by atoms with E-state index in [1.807, 2.05) is 13.8 Å². The Labute approximate surface area is 120 Å². The Bertz CT molecular complexity index is 764. The van der Waals surface area contributed by atoms with Gasteiger partial charge in [-0.05, 0) is 19.5 Å². The lowest BCUT2D eigenvalue weighted by Gasteiger charge is -2.13. The Balaban J connectivity index is 2.21. The topological polar surface area (TPSA) is 120 Å². The van der Waals surface area contributed by atoms with Crippen molar-refractivity contribution in [2.45, 2.75) is 19.9 Å². The van der Waals surface area contributed by atoms with Crippen molar-refractivity contribution in [3.8, 4) is 0 Å². The molecule has 0 aliphatic heterocycles. The summed E-state index contributed by atoms with van der Waals surface area (Å²) in [4.78, 5) is 43.2. The number of hydrogen-bond acceptors (Lipinski definition) is 5. The van der Waals surface area contributed by atoms with Gasteiger partial charge >= 0.3 is 5.69 Å². The van der Waals surface area contributed by atoms with Gasteiger partial charge in [-0.25, -0.2) is 9.78 Å². The fraction of sp³-hybridized carbons (Fsp3) is 0.385. The molecule has 0 aliphatic carbocycles. The largest absolute Gasteiger partial charge is 0.350 e. The molecule has 0 bridgehead atoms. The highest BCUT2D eigenvalue weighted by atomic mass is 16.2. The SMILES string of the molecule is CCN[C@H](C)CNC(=O)c1cnc2[nH]c(=O)[nH]c(=O)c2c1. The molecular weight excluding hydrogens is 274 g/mol. The number of hydrogen-bond donors (Lipinski definition) is 4. The summed E-state index contributed by atoms with van der Waals surface area (Å²) in [7, 11) is 0. The van der Waals surface area contributed by atoms with Crippen LogP contribution in [0.1, 0.15) is 24.2 Å². The average molecular weight is 291 g/mol. The molecule has 1 atom stereocenters. The van der Waals surface area contributed by atoms with Crippen molar-refractivity contribution < 1.29 is 4.79 Å². The monoisotopic (exact) mass is 291 g/mol. The maximum absolute atomic E-state index is 12.0. The van der Waals surface area contributed by atoms with E-state index in [0.29, 0.717) is 6.54 Å². The predicted molar refractivity (Wildman–Crippen MR) is 78.5 cm³/mol. The number of aromatic amines is 2. The van der Waals surface area contributed by atoms with Crippen molar-refractivity contribution in [1.29, 1.82) is 0 Å². The second kappa shape index (κ2) is 6.31. The van der Waals surface area contributed by atoms with Gasteiger partial charge in [-0.1, -0.05) is 6.92 Å². The molecule has 4 N–H and O–H groups in total. The summed E-state index contributed by atoms with van der Waals surface area (Å²) in [5.74, 6) is -0.320. The molecule has 0 radical (unpaired) electrons. The number of aromatic nitrogens is 3. The minimum atomic E-state index is -0.628. The molecule has 1 amide bonds. The van der Waals surface area contributed by atoms with Crippen LogP contribution in [-0.2, 0) is 0 Å². The molecule has 8 heteroatoms. The molecule has 0 aromatic carbocycles. The highest BCUT2D eigenvalue weighted by Gasteiger charge is 2.10. The summed E-state index contributed by atoms with van der Waals surface area (Å²) in [6.07, 6.45) is 1.32. The van der Waals surface area contributed by atoms with Crippen LogP contribution in [-0.4, -0.2) is 40.0 Å². The van der Waals surface area contributed by atoms with E-state index in [1.54, 1.807) is 0 Å². The number of likely N-dealkylation sites (N-methyl/N-ethyl adjacent to an activating group) is 1. The zero-order valence-corrected chi connectivity index (χ0v) is 11.8. The van der Waals surface area contributed by atoms with E-state index < -0.39 is 11.2 Å². The van der Waals surface area contributed by atoms with Gasteiger partial charge in [-0.2, -0.15) is 0 Å². The second-order valence-corrected chi connectivity index (χ2v) is 4.70. The minimum absolute atomic E-state index is 0.145. The van der Waals surface area contributed by atoms with Crippen LogP contribution in [0, 0.1) is 0 Å². The third-order valence-corrected chi connectivity index (χ3v) is 2.97. The third-order valence-electron chi connectivity index (χ3n) is 2.97. The van der Waals surface area contributed by atoms with Crippen LogP contribution in [0.4, 0.5) is 0 Å². The summed E-state index contributed by atoms with van der Waals surface area (Å²) >= 11 is 0. The summed E-state index contributed by atoms with van der Waals surface area (Å²) in [5.41, 5.74) is -0.779. The van der Waals surface area contributed by atoms with Gasteiger partial charge in [0.1, 0.15) is 5.65 Å². The standard InChI is InChI=1S/C13H17N5O3/c1-3-14-7(2)5-16-11(19)8-4-9-10(15-6-8)17-13(21)18-12(9)20/h4,6-7,14H,3,5H2,1-2H3,(H,16,19)(H2,15,17,18,20,21)/t7-/m1/s1. The van der Waals surface area contributed by atoms with E-state index >= 15 is 0 Å². The van der Waals surface area contributed by atoms with Crippen LogP contribution < -0.4 is 21.9 Å². The van der Waals surface area contributed by atoms with Crippen molar-refractivity contribution >= 4 is 16.9 Å².